The molecule has 0 saturated heterocycles. The average molecular weight is 249 g/mol. The Hall–Kier alpha value is -1.91. The Kier molecular flexibility index (Phi) is 3.32. The Bertz CT molecular complexity index is 478. The third kappa shape index (κ3) is 2.20. The molecule has 0 bridgehead atoms. The smallest absolute Gasteiger partial charge is 0.309 e. The summed E-state index contributed by atoms with van der Waals surface area (Å²) in [5, 5.41) is 20.3. The van der Waals surface area contributed by atoms with Crippen LogP contribution in [0.2, 0.25) is 0 Å². The minimum atomic E-state index is -0.835. The van der Waals surface area contributed by atoms with Crippen LogP contribution in [0.1, 0.15) is 31.2 Å². The molecule has 1 aromatic carbocycles. The van der Waals surface area contributed by atoms with Gasteiger partial charge in [0.05, 0.1) is 10.3 Å². The first-order valence-electron chi connectivity index (χ1n) is 6.01. The van der Waals surface area contributed by atoms with E-state index in [0.717, 1.165) is 12.8 Å². The molecule has 1 saturated carbocycles. The third-order valence-corrected chi connectivity index (χ3v) is 3.73. The van der Waals surface area contributed by atoms with E-state index >= 15 is 0 Å². The summed E-state index contributed by atoms with van der Waals surface area (Å²) in [6, 6.07) is 6.40. The molecule has 1 fully saturated rings. The Labute approximate surface area is 105 Å². The lowest BCUT2D eigenvalue weighted by Crippen LogP contribution is -2.30. The number of rotatable bonds is 4. The molecular weight excluding hydrogens is 234 g/mol. The van der Waals surface area contributed by atoms with Gasteiger partial charge in [-0.15, -0.1) is 0 Å². The summed E-state index contributed by atoms with van der Waals surface area (Å²) in [5.41, 5.74) is -0.275. The van der Waals surface area contributed by atoms with Gasteiger partial charge in [-0.3, -0.25) is 14.9 Å². The number of hydrogen-bond donors (Lipinski definition) is 1. The van der Waals surface area contributed by atoms with E-state index in [1.807, 2.05) is 0 Å². The minimum absolute atomic E-state index is 0.0185. The van der Waals surface area contributed by atoms with Crippen molar-refractivity contribution in [2.75, 3.05) is 0 Å². The van der Waals surface area contributed by atoms with E-state index in [-0.39, 0.29) is 12.1 Å². The SMILES string of the molecule is O=C(O)C1(Cc2ccccc2[N+](=O)[O-])CCCC1. The van der Waals surface area contributed by atoms with Gasteiger partial charge in [0.15, 0.2) is 0 Å². The third-order valence-electron chi connectivity index (χ3n) is 3.73. The normalized spacial score (nSPS) is 17.6. The van der Waals surface area contributed by atoms with Crippen LogP contribution in [0.3, 0.4) is 0 Å². The topological polar surface area (TPSA) is 80.4 Å². The van der Waals surface area contributed by atoms with Gasteiger partial charge in [-0.1, -0.05) is 31.0 Å². The summed E-state index contributed by atoms with van der Waals surface area (Å²) < 4.78 is 0. The highest BCUT2D eigenvalue weighted by atomic mass is 16.6. The van der Waals surface area contributed by atoms with Crippen molar-refractivity contribution in [1.82, 2.24) is 0 Å². The van der Waals surface area contributed by atoms with Crippen LogP contribution in [0.25, 0.3) is 0 Å². The van der Waals surface area contributed by atoms with Crippen LogP contribution in [0.4, 0.5) is 5.69 Å². The van der Waals surface area contributed by atoms with Gasteiger partial charge in [0, 0.05) is 11.6 Å². The Morgan fingerprint density at radius 2 is 1.94 bits per heavy atom. The van der Waals surface area contributed by atoms with Crippen LogP contribution >= 0.6 is 0 Å². The highest BCUT2D eigenvalue weighted by Gasteiger charge is 2.42. The highest BCUT2D eigenvalue weighted by molar-refractivity contribution is 5.75. The van der Waals surface area contributed by atoms with Crippen molar-refractivity contribution in [3.63, 3.8) is 0 Å². The number of nitro groups is 1. The molecule has 2 rings (SSSR count). The van der Waals surface area contributed by atoms with Crippen molar-refractivity contribution < 1.29 is 14.8 Å². The molecule has 96 valence electrons. The van der Waals surface area contributed by atoms with Crippen LogP contribution in [0, 0.1) is 15.5 Å². The first-order valence-corrected chi connectivity index (χ1v) is 6.01. The molecule has 1 aliphatic rings. The van der Waals surface area contributed by atoms with Crippen molar-refractivity contribution in [2.24, 2.45) is 5.41 Å². The number of carbonyl (C=O) groups is 1. The zero-order valence-corrected chi connectivity index (χ0v) is 9.96. The predicted octanol–water partition coefficient (Wildman–Crippen LogP) is 2.78. The van der Waals surface area contributed by atoms with Gasteiger partial charge in [-0.2, -0.15) is 0 Å². The molecule has 1 aromatic rings. The average Bonchev–Trinajstić information content (AvgIpc) is 2.79. The zero-order chi connectivity index (χ0) is 13.2. The number of hydrogen-bond acceptors (Lipinski definition) is 3. The maximum Gasteiger partial charge on any atom is 0.309 e. The van der Waals surface area contributed by atoms with E-state index in [0.29, 0.717) is 18.4 Å². The second-order valence-corrected chi connectivity index (χ2v) is 4.86. The molecule has 0 radical (unpaired) electrons. The molecule has 0 atom stereocenters. The molecule has 1 aliphatic carbocycles. The molecule has 1 N–H and O–H groups in total. The van der Waals surface area contributed by atoms with Gasteiger partial charge in [-0.05, 0) is 19.3 Å². The quantitative estimate of drug-likeness (QED) is 0.657. The molecule has 0 aliphatic heterocycles. The molecule has 5 nitrogen and oxygen atoms in total. The van der Waals surface area contributed by atoms with Crippen LogP contribution in [0.15, 0.2) is 24.3 Å². The number of nitro benzene ring substituents is 1. The van der Waals surface area contributed by atoms with Crippen molar-refractivity contribution in [3.8, 4) is 0 Å². The van der Waals surface area contributed by atoms with Crippen LogP contribution in [0.5, 0.6) is 0 Å². The molecule has 0 spiro atoms. The maximum atomic E-state index is 11.4. The largest absolute Gasteiger partial charge is 0.481 e. The van der Waals surface area contributed by atoms with E-state index in [9.17, 15) is 20.0 Å². The molecule has 0 heterocycles. The van der Waals surface area contributed by atoms with Crippen LogP contribution in [-0.2, 0) is 11.2 Å². The van der Waals surface area contributed by atoms with Crippen molar-refractivity contribution in [2.45, 2.75) is 32.1 Å². The summed E-state index contributed by atoms with van der Waals surface area (Å²) in [6.45, 7) is 0. The fraction of sp³-hybridized carbons (Fsp3) is 0.462. The number of para-hydroxylation sites is 1. The lowest BCUT2D eigenvalue weighted by atomic mass is 9.80. The monoisotopic (exact) mass is 249 g/mol. The van der Waals surface area contributed by atoms with E-state index < -0.39 is 16.3 Å². The van der Waals surface area contributed by atoms with Gasteiger partial charge >= 0.3 is 5.97 Å². The minimum Gasteiger partial charge on any atom is -0.481 e. The Morgan fingerprint density at radius 1 is 1.33 bits per heavy atom. The van der Waals surface area contributed by atoms with Crippen molar-refractivity contribution >= 4 is 11.7 Å². The number of carboxylic acid groups (broad SMARTS) is 1. The number of benzene rings is 1. The second-order valence-electron chi connectivity index (χ2n) is 4.86. The van der Waals surface area contributed by atoms with E-state index in [2.05, 4.69) is 0 Å². The van der Waals surface area contributed by atoms with Gasteiger partial charge in [0.2, 0.25) is 0 Å². The van der Waals surface area contributed by atoms with Crippen LogP contribution < -0.4 is 0 Å². The summed E-state index contributed by atoms with van der Waals surface area (Å²) in [6.07, 6.45) is 3.22. The molecule has 5 heteroatoms. The van der Waals surface area contributed by atoms with E-state index in [4.69, 9.17) is 0 Å². The fourth-order valence-corrected chi connectivity index (χ4v) is 2.72. The molecular formula is C13H15NO4. The van der Waals surface area contributed by atoms with Gasteiger partial charge in [0.1, 0.15) is 0 Å². The summed E-state index contributed by atoms with van der Waals surface area (Å²) in [7, 11) is 0. The molecule has 0 unspecified atom stereocenters. The van der Waals surface area contributed by atoms with E-state index in [1.165, 1.54) is 6.07 Å². The summed E-state index contributed by atoms with van der Waals surface area (Å²) in [4.78, 5) is 21.9. The van der Waals surface area contributed by atoms with Gasteiger partial charge < -0.3 is 5.11 Å². The maximum absolute atomic E-state index is 11.4. The Balaban J connectivity index is 2.33. The zero-order valence-electron chi connectivity index (χ0n) is 9.96. The first kappa shape index (κ1) is 12.5. The fourth-order valence-electron chi connectivity index (χ4n) is 2.72. The lowest BCUT2D eigenvalue weighted by molar-refractivity contribution is -0.385. The predicted molar refractivity (Wildman–Crippen MR) is 65.3 cm³/mol. The second kappa shape index (κ2) is 4.76. The highest BCUT2D eigenvalue weighted by Crippen LogP contribution is 2.42. The summed E-state index contributed by atoms with van der Waals surface area (Å²) >= 11 is 0. The molecule has 18 heavy (non-hydrogen) atoms. The number of nitrogens with zero attached hydrogens (tertiary/aromatic N) is 1. The summed E-state index contributed by atoms with van der Waals surface area (Å²) in [5.74, 6) is -0.835. The van der Waals surface area contributed by atoms with Crippen molar-refractivity contribution in [3.05, 3.63) is 39.9 Å². The van der Waals surface area contributed by atoms with E-state index in [1.54, 1.807) is 18.2 Å². The number of aliphatic carboxylic acids is 1. The molecule has 0 aromatic heterocycles. The Morgan fingerprint density at radius 3 is 2.50 bits per heavy atom. The van der Waals surface area contributed by atoms with Crippen molar-refractivity contribution in [1.29, 1.82) is 0 Å². The molecule has 0 amide bonds. The number of carboxylic acids is 1. The van der Waals surface area contributed by atoms with Gasteiger partial charge in [0.25, 0.3) is 5.69 Å². The standard InChI is InChI=1S/C13H15NO4/c15-12(16)13(7-3-4-8-13)9-10-5-1-2-6-11(10)14(17)18/h1-2,5-6H,3-4,7-9H2,(H,15,16). The first-order chi connectivity index (χ1) is 8.55. The van der Waals surface area contributed by atoms with Gasteiger partial charge in [-0.25, -0.2) is 0 Å². The lowest BCUT2D eigenvalue weighted by Gasteiger charge is -2.23. The van der Waals surface area contributed by atoms with Crippen LogP contribution in [-0.4, -0.2) is 16.0 Å².